The molecule has 0 radical (unpaired) electrons. The van der Waals surface area contributed by atoms with Crippen LogP contribution >= 0.6 is 0 Å². The molecule has 0 aliphatic carbocycles. The maximum Gasteiger partial charge on any atom is 0.227 e. The van der Waals surface area contributed by atoms with Crippen LogP contribution in [0.1, 0.15) is 6.42 Å². The molecule has 102 valence electrons. The molecular weight excluding hydrogens is 242 g/mol. The van der Waals surface area contributed by atoms with Crippen LogP contribution in [0, 0.1) is 5.92 Å². The van der Waals surface area contributed by atoms with Crippen LogP contribution in [0.15, 0.2) is 36.9 Å². The van der Waals surface area contributed by atoms with E-state index in [2.05, 4.69) is 6.58 Å². The average Bonchev–Trinajstić information content (AvgIpc) is 2.81. The van der Waals surface area contributed by atoms with E-state index >= 15 is 0 Å². The molecule has 1 aliphatic heterocycles. The number of rotatable bonds is 6. The maximum absolute atomic E-state index is 11.9. The summed E-state index contributed by atoms with van der Waals surface area (Å²) in [4.78, 5) is 13.7. The zero-order valence-electron chi connectivity index (χ0n) is 11.2. The molecule has 4 heteroatoms. The van der Waals surface area contributed by atoms with Crippen molar-refractivity contribution in [3.63, 3.8) is 0 Å². The molecule has 1 aromatic rings. The van der Waals surface area contributed by atoms with E-state index in [1.54, 1.807) is 12.0 Å². The van der Waals surface area contributed by atoms with E-state index < -0.39 is 0 Å². The van der Waals surface area contributed by atoms with E-state index in [-0.39, 0.29) is 11.8 Å². The number of nitrogens with zero attached hydrogens (tertiary/aromatic N) is 1. The van der Waals surface area contributed by atoms with Crippen LogP contribution < -0.4 is 9.64 Å². The highest BCUT2D eigenvalue weighted by Gasteiger charge is 2.28. The van der Waals surface area contributed by atoms with Gasteiger partial charge in [-0.05, 0) is 24.3 Å². The van der Waals surface area contributed by atoms with Gasteiger partial charge in [-0.1, -0.05) is 6.08 Å². The molecule has 1 aliphatic rings. The number of carbonyl (C=O) groups is 1. The molecule has 0 saturated carbocycles. The van der Waals surface area contributed by atoms with E-state index in [0.29, 0.717) is 26.2 Å². The lowest BCUT2D eigenvalue weighted by molar-refractivity contribution is -0.117. The minimum atomic E-state index is 0.151. The Morgan fingerprint density at radius 3 is 2.68 bits per heavy atom. The third-order valence-corrected chi connectivity index (χ3v) is 3.19. The minimum Gasteiger partial charge on any atom is -0.491 e. The molecular formula is C15H19NO3. The largest absolute Gasteiger partial charge is 0.491 e. The van der Waals surface area contributed by atoms with Crippen molar-refractivity contribution in [1.82, 2.24) is 0 Å². The highest BCUT2D eigenvalue weighted by Crippen LogP contribution is 2.27. The monoisotopic (exact) mass is 261 g/mol. The zero-order valence-corrected chi connectivity index (χ0v) is 11.2. The Morgan fingerprint density at radius 1 is 1.37 bits per heavy atom. The second kappa shape index (κ2) is 6.38. The van der Waals surface area contributed by atoms with Gasteiger partial charge in [-0.3, -0.25) is 4.79 Å². The standard InChI is InChI=1S/C15H19NO3/c1-3-12-10-15(17)16(11-12)13-4-6-14(7-5-13)19-9-8-18-2/h3-7,12H,1,8-11H2,2H3. The summed E-state index contributed by atoms with van der Waals surface area (Å²) in [7, 11) is 1.64. The van der Waals surface area contributed by atoms with E-state index in [1.165, 1.54) is 0 Å². The highest BCUT2D eigenvalue weighted by molar-refractivity contribution is 5.96. The number of ether oxygens (including phenoxy) is 2. The topological polar surface area (TPSA) is 38.8 Å². The van der Waals surface area contributed by atoms with Gasteiger partial charge in [0.15, 0.2) is 0 Å². The molecule has 2 rings (SSSR count). The normalized spacial score (nSPS) is 18.7. The van der Waals surface area contributed by atoms with Crippen LogP contribution in [0.3, 0.4) is 0 Å². The summed E-state index contributed by atoms with van der Waals surface area (Å²) < 4.78 is 10.4. The van der Waals surface area contributed by atoms with Crippen molar-refractivity contribution >= 4 is 11.6 Å². The number of benzene rings is 1. The van der Waals surface area contributed by atoms with Gasteiger partial charge in [-0.2, -0.15) is 0 Å². The van der Waals surface area contributed by atoms with Crippen molar-refractivity contribution in [3.8, 4) is 5.75 Å². The first kappa shape index (κ1) is 13.6. The van der Waals surface area contributed by atoms with Gasteiger partial charge in [0, 0.05) is 31.7 Å². The fourth-order valence-corrected chi connectivity index (χ4v) is 2.11. The van der Waals surface area contributed by atoms with Crippen LogP contribution in [-0.2, 0) is 9.53 Å². The van der Waals surface area contributed by atoms with Crippen LogP contribution in [0.25, 0.3) is 0 Å². The van der Waals surface area contributed by atoms with E-state index in [1.807, 2.05) is 30.3 Å². The van der Waals surface area contributed by atoms with Crippen molar-refractivity contribution in [3.05, 3.63) is 36.9 Å². The second-order valence-electron chi connectivity index (χ2n) is 4.54. The number of amides is 1. The SMILES string of the molecule is C=CC1CC(=O)N(c2ccc(OCCOC)cc2)C1. The summed E-state index contributed by atoms with van der Waals surface area (Å²) in [5.74, 6) is 1.19. The highest BCUT2D eigenvalue weighted by atomic mass is 16.5. The molecule has 0 aromatic heterocycles. The van der Waals surface area contributed by atoms with Gasteiger partial charge in [0.25, 0.3) is 0 Å². The van der Waals surface area contributed by atoms with Crippen LogP contribution in [0.4, 0.5) is 5.69 Å². The Hall–Kier alpha value is -1.81. The predicted octanol–water partition coefficient (Wildman–Crippen LogP) is 2.25. The summed E-state index contributed by atoms with van der Waals surface area (Å²) >= 11 is 0. The molecule has 0 spiro atoms. The van der Waals surface area contributed by atoms with Crippen molar-refractivity contribution < 1.29 is 14.3 Å². The Labute approximate surface area is 113 Å². The summed E-state index contributed by atoms with van der Waals surface area (Å²) in [5.41, 5.74) is 0.911. The third kappa shape index (κ3) is 3.35. The zero-order chi connectivity index (χ0) is 13.7. The lowest BCUT2D eigenvalue weighted by atomic mass is 10.1. The smallest absolute Gasteiger partial charge is 0.227 e. The lowest BCUT2D eigenvalue weighted by Crippen LogP contribution is -2.24. The van der Waals surface area contributed by atoms with Gasteiger partial charge in [-0.25, -0.2) is 0 Å². The molecule has 4 nitrogen and oxygen atoms in total. The Bertz CT molecular complexity index is 441. The molecule has 1 heterocycles. The number of anilines is 1. The fraction of sp³-hybridized carbons (Fsp3) is 0.400. The second-order valence-corrected chi connectivity index (χ2v) is 4.54. The lowest BCUT2D eigenvalue weighted by Gasteiger charge is -2.16. The van der Waals surface area contributed by atoms with Gasteiger partial charge in [0.1, 0.15) is 12.4 Å². The molecule has 1 atom stereocenters. The van der Waals surface area contributed by atoms with Crippen molar-refractivity contribution in [2.75, 3.05) is 31.8 Å². The first-order chi connectivity index (χ1) is 9.24. The number of hydrogen-bond acceptors (Lipinski definition) is 3. The molecule has 1 fully saturated rings. The molecule has 0 bridgehead atoms. The maximum atomic E-state index is 11.9. The van der Waals surface area contributed by atoms with Gasteiger partial charge < -0.3 is 14.4 Å². The summed E-state index contributed by atoms with van der Waals surface area (Å²) in [6.45, 7) is 5.55. The molecule has 1 saturated heterocycles. The van der Waals surface area contributed by atoms with Crippen LogP contribution in [-0.4, -0.2) is 32.8 Å². The molecule has 1 aromatic carbocycles. The van der Waals surface area contributed by atoms with Gasteiger partial charge in [-0.15, -0.1) is 6.58 Å². The fourth-order valence-electron chi connectivity index (χ4n) is 2.11. The van der Waals surface area contributed by atoms with E-state index in [4.69, 9.17) is 9.47 Å². The summed E-state index contributed by atoms with van der Waals surface area (Å²) in [6.07, 6.45) is 2.40. The number of carbonyl (C=O) groups excluding carboxylic acids is 1. The molecule has 0 N–H and O–H groups in total. The predicted molar refractivity (Wildman–Crippen MR) is 74.5 cm³/mol. The molecule has 19 heavy (non-hydrogen) atoms. The Kier molecular flexibility index (Phi) is 4.58. The first-order valence-electron chi connectivity index (χ1n) is 6.39. The minimum absolute atomic E-state index is 0.151. The van der Waals surface area contributed by atoms with Crippen molar-refractivity contribution in [2.45, 2.75) is 6.42 Å². The summed E-state index contributed by atoms with van der Waals surface area (Å²) in [6, 6.07) is 7.57. The number of methoxy groups -OCH3 is 1. The first-order valence-corrected chi connectivity index (χ1v) is 6.39. The summed E-state index contributed by atoms with van der Waals surface area (Å²) in [5, 5.41) is 0. The van der Waals surface area contributed by atoms with E-state index in [0.717, 1.165) is 11.4 Å². The Morgan fingerprint density at radius 2 is 2.11 bits per heavy atom. The third-order valence-electron chi connectivity index (χ3n) is 3.19. The van der Waals surface area contributed by atoms with Gasteiger partial charge in [0.05, 0.1) is 6.61 Å². The van der Waals surface area contributed by atoms with Crippen LogP contribution in [0.2, 0.25) is 0 Å². The van der Waals surface area contributed by atoms with E-state index in [9.17, 15) is 4.79 Å². The average molecular weight is 261 g/mol. The number of hydrogen-bond donors (Lipinski definition) is 0. The van der Waals surface area contributed by atoms with Gasteiger partial charge in [0.2, 0.25) is 5.91 Å². The molecule has 1 amide bonds. The van der Waals surface area contributed by atoms with Gasteiger partial charge >= 0.3 is 0 Å². The van der Waals surface area contributed by atoms with Crippen molar-refractivity contribution in [1.29, 1.82) is 0 Å². The quantitative estimate of drug-likeness (QED) is 0.582. The Balaban J connectivity index is 1.98. The van der Waals surface area contributed by atoms with Crippen LogP contribution in [0.5, 0.6) is 5.75 Å². The van der Waals surface area contributed by atoms with Crippen molar-refractivity contribution in [2.24, 2.45) is 5.92 Å². The molecule has 1 unspecified atom stereocenters.